The summed E-state index contributed by atoms with van der Waals surface area (Å²) in [6.45, 7) is 2.73. The minimum atomic E-state index is -5.06. The van der Waals surface area contributed by atoms with Gasteiger partial charge in [0.25, 0.3) is 5.56 Å². The van der Waals surface area contributed by atoms with Crippen LogP contribution < -0.4 is 10.3 Å². The highest BCUT2D eigenvalue weighted by Gasteiger charge is 2.57. The van der Waals surface area contributed by atoms with Gasteiger partial charge in [-0.3, -0.25) is 9.79 Å². The Morgan fingerprint density at radius 2 is 1.84 bits per heavy atom. The molecule has 0 amide bonds. The van der Waals surface area contributed by atoms with Gasteiger partial charge in [-0.25, -0.2) is 4.39 Å². The standard InChI is InChI=1S/C23H22F4N2O3/c1-13(16-8-7-15(24)11-20(16)32-3)14(2)22(31,23(25,26)27)12-29-19-6-4-5-18-17(19)9-10-28-21(18)30/h4-14,31H,1-3H3,(H,28,30)/b29-12+. The number of rotatable bonds is 6. The number of halogens is 4. The molecule has 9 heteroatoms. The predicted molar refractivity (Wildman–Crippen MR) is 114 cm³/mol. The molecular weight excluding hydrogens is 428 g/mol. The maximum Gasteiger partial charge on any atom is 0.422 e. The van der Waals surface area contributed by atoms with Crippen molar-refractivity contribution in [3.63, 3.8) is 0 Å². The van der Waals surface area contributed by atoms with Gasteiger partial charge in [-0.2, -0.15) is 13.2 Å². The van der Waals surface area contributed by atoms with E-state index in [1.54, 1.807) is 0 Å². The third kappa shape index (κ3) is 4.25. The molecule has 2 aromatic carbocycles. The fraction of sp³-hybridized carbons (Fsp3) is 0.304. The number of fused-ring (bicyclic) bond motifs is 1. The second-order valence-electron chi connectivity index (χ2n) is 7.59. The molecule has 3 unspecified atom stereocenters. The van der Waals surface area contributed by atoms with Gasteiger partial charge < -0.3 is 14.8 Å². The molecule has 0 saturated carbocycles. The van der Waals surface area contributed by atoms with Gasteiger partial charge in [-0.05, 0) is 35.7 Å². The number of alkyl halides is 3. The van der Waals surface area contributed by atoms with E-state index in [0.29, 0.717) is 17.2 Å². The molecule has 0 bridgehead atoms. The van der Waals surface area contributed by atoms with E-state index < -0.39 is 35.0 Å². The fourth-order valence-corrected chi connectivity index (χ4v) is 3.65. The largest absolute Gasteiger partial charge is 0.496 e. The molecule has 170 valence electrons. The van der Waals surface area contributed by atoms with Crippen LogP contribution in [0, 0.1) is 11.7 Å². The van der Waals surface area contributed by atoms with E-state index in [-0.39, 0.29) is 16.8 Å². The van der Waals surface area contributed by atoms with Crippen molar-refractivity contribution in [1.82, 2.24) is 4.98 Å². The molecule has 3 aromatic rings. The summed E-state index contributed by atoms with van der Waals surface area (Å²) < 4.78 is 60.9. The molecule has 3 atom stereocenters. The van der Waals surface area contributed by atoms with E-state index >= 15 is 0 Å². The maximum atomic E-state index is 14.1. The van der Waals surface area contributed by atoms with E-state index in [1.807, 2.05) is 0 Å². The third-order valence-corrected chi connectivity index (χ3v) is 5.78. The van der Waals surface area contributed by atoms with E-state index in [4.69, 9.17) is 4.74 Å². The van der Waals surface area contributed by atoms with Gasteiger partial charge in [-0.1, -0.05) is 26.0 Å². The first-order valence-electron chi connectivity index (χ1n) is 9.77. The Morgan fingerprint density at radius 1 is 1.12 bits per heavy atom. The minimum Gasteiger partial charge on any atom is -0.496 e. The zero-order chi connectivity index (χ0) is 23.7. The summed E-state index contributed by atoms with van der Waals surface area (Å²) in [5, 5.41) is 11.4. The molecule has 5 nitrogen and oxygen atoms in total. The molecular formula is C23H22F4N2O3. The molecule has 1 aromatic heterocycles. The number of aliphatic imine (C=N–C) groups is 1. The van der Waals surface area contributed by atoms with E-state index in [0.717, 1.165) is 12.1 Å². The highest BCUT2D eigenvalue weighted by molar-refractivity contribution is 5.93. The molecule has 2 N–H and O–H groups in total. The Kier molecular flexibility index (Phi) is 6.41. The number of nitrogens with zero attached hydrogens (tertiary/aromatic N) is 1. The average molecular weight is 450 g/mol. The summed E-state index contributed by atoms with van der Waals surface area (Å²) in [6.07, 6.45) is -3.23. The normalized spacial score (nSPS) is 16.1. The van der Waals surface area contributed by atoms with Crippen molar-refractivity contribution < 1.29 is 27.4 Å². The van der Waals surface area contributed by atoms with Gasteiger partial charge in [0.05, 0.1) is 12.8 Å². The second kappa shape index (κ2) is 8.74. The van der Waals surface area contributed by atoms with E-state index in [1.165, 1.54) is 57.5 Å². The monoisotopic (exact) mass is 450 g/mol. The zero-order valence-electron chi connectivity index (χ0n) is 17.6. The predicted octanol–water partition coefficient (Wildman–Crippen LogP) is 5.11. The topological polar surface area (TPSA) is 74.7 Å². The van der Waals surface area contributed by atoms with Crippen LogP contribution >= 0.6 is 0 Å². The smallest absolute Gasteiger partial charge is 0.422 e. The van der Waals surface area contributed by atoms with E-state index in [2.05, 4.69) is 9.98 Å². The van der Waals surface area contributed by atoms with Crippen LogP contribution in [0.4, 0.5) is 23.2 Å². The first kappa shape index (κ1) is 23.5. The summed E-state index contributed by atoms with van der Waals surface area (Å²) in [5.74, 6) is -2.80. The summed E-state index contributed by atoms with van der Waals surface area (Å²) in [4.78, 5) is 18.4. The van der Waals surface area contributed by atoms with Crippen LogP contribution in [0.2, 0.25) is 0 Å². The first-order valence-corrected chi connectivity index (χ1v) is 9.77. The van der Waals surface area contributed by atoms with E-state index in [9.17, 15) is 27.5 Å². The van der Waals surface area contributed by atoms with Crippen LogP contribution in [-0.4, -0.2) is 35.2 Å². The number of H-pyrrole nitrogens is 1. The molecule has 3 rings (SSSR count). The number of hydrogen-bond acceptors (Lipinski definition) is 4. The summed E-state index contributed by atoms with van der Waals surface area (Å²) in [6, 6.07) is 9.52. The number of benzene rings is 2. The van der Waals surface area contributed by atoms with Crippen LogP contribution in [0.25, 0.3) is 10.8 Å². The SMILES string of the molecule is COc1cc(F)ccc1C(C)C(C)C(O)(/C=N/c1cccc2c(=O)[nH]ccc12)C(F)(F)F. The summed E-state index contributed by atoms with van der Waals surface area (Å²) in [7, 11) is 1.29. The molecule has 0 spiro atoms. The molecule has 0 aliphatic carbocycles. The summed E-state index contributed by atoms with van der Waals surface area (Å²) >= 11 is 0. The Hall–Kier alpha value is -3.20. The highest BCUT2D eigenvalue weighted by Crippen LogP contribution is 2.44. The molecule has 0 fully saturated rings. The molecule has 0 aliphatic heterocycles. The molecule has 32 heavy (non-hydrogen) atoms. The van der Waals surface area contributed by atoms with Crippen molar-refractivity contribution in [1.29, 1.82) is 0 Å². The quantitative estimate of drug-likeness (QED) is 0.405. The van der Waals surface area contributed by atoms with Crippen LogP contribution in [0.5, 0.6) is 5.75 Å². The average Bonchev–Trinajstić information content (AvgIpc) is 2.75. The number of methoxy groups -OCH3 is 1. The zero-order valence-corrected chi connectivity index (χ0v) is 17.6. The highest BCUT2D eigenvalue weighted by atomic mass is 19.4. The van der Waals surface area contributed by atoms with Crippen molar-refractivity contribution >= 4 is 22.7 Å². The van der Waals surface area contributed by atoms with Crippen molar-refractivity contribution in [3.8, 4) is 5.75 Å². The number of hydrogen-bond donors (Lipinski definition) is 2. The third-order valence-electron chi connectivity index (χ3n) is 5.78. The van der Waals surface area contributed by atoms with Crippen LogP contribution in [0.15, 0.2) is 58.4 Å². The lowest BCUT2D eigenvalue weighted by Gasteiger charge is -2.36. The number of aromatic amines is 1. The fourth-order valence-electron chi connectivity index (χ4n) is 3.65. The molecule has 0 saturated heterocycles. The number of aromatic nitrogens is 1. The lowest BCUT2D eigenvalue weighted by atomic mass is 9.77. The van der Waals surface area contributed by atoms with Crippen LogP contribution in [0.3, 0.4) is 0 Å². The molecule has 0 aliphatic rings. The number of nitrogens with one attached hydrogen (secondary N) is 1. The van der Waals surface area contributed by atoms with Gasteiger partial charge >= 0.3 is 6.18 Å². The van der Waals surface area contributed by atoms with Gasteiger partial charge in [0.2, 0.25) is 0 Å². The maximum absolute atomic E-state index is 14.1. The molecule has 1 heterocycles. The summed E-state index contributed by atoms with van der Waals surface area (Å²) in [5.41, 5.74) is -3.30. The number of aliphatic hydroxyl groups is 1. The Labute approximate surface area is 181 Å². The van der Waals surface area contributed by atoms with Gasteiger partial charge in [0, 0.05) is 35.2 Å². The van der Waals surface area contributed by atoms with Crippen molar-refractivity contribution in [2.75, 3.05) is 7.11 Å². The van der Waals surface area contributed by atoms with Crippen molar-refractivity contribution in [2.45, 2.75) is 31.5 Å². The van der Waals surface area contributed by atoms with Gasteiger partial charge in [0.15, 0.2) is 5.60 Å². The number of pyridine rings is 1. The van der Waals surface area contributed by atoms with Crippen LogP contribution in [0.1, 0.15) is 25.3 Å². The number of ether oxygens (including phenoxy) is 1. The van der Waals surface area contributed by atoms with Gasteiger partial charge in [-0.15, -0.1) is 0 Å². The van der Waals surface area contributed by atoms with Crippen molar-refractivity contribution in [3.05, 3.63) is 70.4 Å². The van der Waals surface area contributed by atoms with Crippen LogP contribution in [-0.2, 0) is 0 Å². The Morgan fingerprint density at radius 3 is 2.50 bits per heavy atom. The lowest BCUT2D eigenvalue weighted by Crippen LogP contribution is -2.53. The first-order chi connectivity index (χ1) is 15.0. The lowest BCUT2D eigenvalue weighted by molar-refractivity contribution is -0.246. The minimum absolute atomic E-state index is 0.0825. The Balaban J connectivity index is 2.06. The molecule has 0 radical (unpaired) electrons. The van der Waals surface area contributed by atoms with Crippen molar-refractivity contribution in [2.24, 2.45) is 10.9 Å². The van der Waals surface area contributed by atoms with Gasteiger partial charge in [0.1, 0.15) is 11.6 Å². The Bertz CT molecular complexity index is 1210. The second-order valence-corrected chi connectivity index (χ2v) is 7.59.